The second-order valence-electron chi connectivity index (χ2n) is 4.88. The van der Waals surface area contributed by atoms with Crippen LogP contribution in [0.5, 0.6) is 0 Å². The molecule has 0 bridgehead atoms. The van der Waals surface area contributed by atoms with Crippen molar-refractivity contribution >= 4 is 0 Å². The normalized spacial score (nSPS) is 11.3. The summed E-state index contributed by atoms with van der Waals surface area (Å²) in [5.41, 5.74) is 1.97. The summed E-state index contributed by atoms with van der Waals surface area (Å²) in [6, 6.07) is 24.1. The van der Waals surface area contributed by atoms with E-state index in [4.69, 9.17) is 0 Å². The van der Waals surface area contributed by atoms with Crippen LogP contribution in [-0.4, -0.2) is 0 Å². The zero-order valence-corrected chi connectivity index (χ0v) is 11.3. The molecule has 3 aromatic rings. The molecule has 3 aromatic carbocycles. The molecule has 0 amide bonds. The molecular formula is C19H14F2. The number of hydrogen-bond acceptors (Lipinski definition) is 0. The summed E-state index contributed by atoms with van der Waals surface area (Å²) in [6.45, 7) is 0. The number of alkyl halides is 2. The summed E-state index contributed by atoms with van der Waals surface area (Å²) in [5, 5.41) is 0. The lowest BCUT2D eigenvalue weighted by molar-refractivity contribution is 0.0428. The van der Waals surface area contributed by atoms with Gasteiger partial charge in [0, 0.05) is 11.1 Å². The molecule has 0 N–H and O–H groups in total. The Bertz CT molecular complexity index is 702. The van der Waals surface area contributed by atoms with Gasteiger partial charge >= 0.3 is 0 Å². The van der Waals surface area contributed by atoms with Crippen molar-refractivity contribution in [2.45, 2.75) is 5.92 Å². The molecular weight excluding hydrogens is 266 g/mol. The molecule has 21 heavy (non-hydrogen) atoms. The maximum absolute atomic E-state index is 14.4. The van der Waals surface area contributed by atoms with Crippen molar-refractivity contribution < 1.29 is 8.78 Å². The number of rotatable bonds is 3. The van der Waals surface area contributed by atoms with Crippen LogP contribution in [0, 0.1) is 0 Å². The molecule has 0 nitrogen and oxygen atoms in total. The molecule has 0 unspecified atom stereocenters. The summed E-state index contributed by atoms with van der Waals surface area (Å²) in [7, 11) is 0. The summed E-state index contributed by atoms with van der Waals surface area (Å²) >= 11 is 0. The van der Waals surface area contributed by atoms with Crippen molar-refractivity contribution in [1.82, 2.24) is 0 Å². The molecule has 0 saturated carbocycles. The van der Waals surface area contributed by atoms with E-state index in [0.717, 1.165) is 11.1 Å². The predicted molar refractivity (Wildman–Crippen MR) is 81.3 cm³/mol. The van der Waals surface area contributed by atoms with Gasteiger partial charge in [-0.05, 0) is 11.1 Å². The van der Waals surface area contributed by atoms with E-state index in [1.165, 1.54) is 24.3 Å². The molecule has 3 rings (SSSR count). The van der Waals surface area contributed by atoms with Gasteiger partial charge < -0.3 is 0 Å². The Kier molecular flexibility index (Phi) is 3.53. The standard InChI is InChI=1S/C19H14F2/c20-19(21,17-9-5-2-6-10-17)18-13-11-16(12-14-18)15-7-3-1-4-8-15/h1-14H. The SMILES string of the molecule is FC(F)(c1ccccc1)c1ccc(-c2ccccc2)cc1. The summed E-state index contributed by atoms with van der Waals surface area (Å²) in [5.74, 6) is -2.98. The first kappa shape index (κ1) is 13.5. The van der Waals surface area contributed by atoms with Gasteiger partial charge in [0.25, 0.3) is 5.92 Å². The van der Waals surface area contributed by atoms with Crippen LogP contribution >= 0.6 is 0 Å². The predicted octanol–water partition coefficient (Wildman–Crippen LogP) is 5.49. The molecule has 0 atom stereocenters. The van der Waals surface area contributed by atoms with Gasteiger partial charge in [0.05, 0.1) is 0 Å². The molecule has 0 spiro atoms. The Morgan fingerprint density at radius 2 is 0.905 bits per heavy atom. The summed E-state index contributed by atoms with van der Waals surface area (Å²) < 4.78 is 28.8. The molecule has 104 valence electrons. The average Bonchev–Trinajstić information content (AvgIpc) is 2.57. The molecule has 0 saturated heterocycles. The first-order valence-electron chi connectivity index (χ1n) is 6.77. The summed E-state index contributed by atoms with van der Waals surface area (Å²) in [6.07, 6.45) is 0. The summed E-state index contributed by atoms with van der Waals surface area (Å²) in [4.78, 5) is 0. The number of hydrogen-bond donors (Lipinski definition) is 0. The van der Waals surface area contributed by atoms with Crippen LogP contribution in [0.2, 0.25) is 0 Å². The first-order chi connectivity index (χ1) is 10.2. The minimum atomic E-state index is -2.98. The smallest absolute Gasteiger partial charge is 0.196 e. The highest BCUT2D eigenvalue weighted by Gasteiger charge is 2.33. The fourth-order valence-electron chi connectivity index (χ4n) is 2.32. The first-order valence-corrected chi connectivity index (χ1v) is 6.77. The molecule has 0 aliphatic carbocycles. The van der Waals surface area contributed by atoms with Gasteiger partial charge in [0.2, 0.25) is 0 Å². The molecule has 0 fully saturated rings. The van der Waals surface area contributed by atoms with Gasteiger partial charge in [-0.25, -0.2) is 0 Å². The largest absolute Gasteiger partial charge is 0.298 e. The van der Waals surface area contributed by atoms with Gasteiger partial charge in [0.1, 0.15) is 0 Å². The van der Waals surface area contributed by atoms with E-state index in [1.54, 1.807) is 30.3 Å². The average molecular weight is 280 g/mol. The third-order valence-corrected chi connectivity index (χ3v) is 3.49. The Morgan fingerprint density at radius 1 is 0.476 bits per heavy atom. The Balaban J connectivity index is 1.94. The Labute approximate surface area is 122 Å². The molecule has 0 radical (unpaired) electrons. The fraction of sp³-hybridized carbons (Fsp3) is 0.0526. The molecule has 0 heterocycles. The van der Waals surface area contributed by atoms with Crippen molar-refractivity contribution in [3.05, 3.63) is 96.1 Å². The zero-order chi connectivity index (χ0) is 14.7. The highest BCUT2D eigenvalue weighted by atomic mass is 19.3. The topological polar surface area (TPSA) is 0 Å². The van der Waals surface area contributed by atoms with Crippen LogP contribution in [0.3, 0.4) is 0 Å². The monoisotopic (exact) mass is 280 g/mol. The molecule has 0 aromatic heterocycles. The van der Waals surface area contributed by atoms with Crippen LogP contribution < -0.4 is 0 Å². The lowest BCUT2D eigenvalue weighted by Gasteiger charge is -2.17. The quantitative estimate of drug-likeness (QED) is 0.594. The van der Waals surface area contributed by atoms with Crippen LogP contribution in [0.25, 0.3) is 11.1 Å². The van der Waals surface area contributed by atoms with Crippen molar-refractivity contribution in [2.75, 3.05) is 0 Å². The lowest BCUT2D eigenvalue weighted by atomic mass is 9.97. The van der Waals surface area contributed by atoms with Gasteiger partial charge in [-0.15, -0.1) is 0 Å². The van der Waals surface area contributed by atoms with Gasteiger partial charge in [-0.2, -0.15) is 8.78 Å². The van der Waals surface area contributed by atoms with Crippen LogP contribution in [-0.2, 0) is 5.92 Å². The minimum absolute atomic E-state index is 0.00776. The van der Waals surface area contributed by atoms with Crippen molar-refractivity contribution in [3.8, 4) is 11.1 Å². The molecule has 0 aliphatic heterocycles. The van der Waals surface area contributed by atoms with E-state index in [1.807, 2.05) is 30.3 Å². The second-order valence-corrected chi connectivity index (χ2v) is 4.88. The van der Waals surface area contributed by atoms with Crippen LogP contribution in [0.4, 0.5) is 8.78 Å². The fourth-order valence-corrected chi connectivity index (χ4v) is 2.32. The van der Waals surface area contributed by atoms with Crippen molar-refractivity contribution in [1.29, 1.82) is 0 Å². The maximum atomic E-state index is 14.4. The Morgan fingerprint density at radius 3 is 1.48 bits per heavy atom. The lowest BCUT2D eigenvalue weighted by Crippen LogP contribution is -2.14. The van der Waals surface area contributed by atoms with E-state index in [2.05, 4.69) is 0 Å². The highest BCUT2D eigenvalue weighted by Crippen LogP contribution is 2.36. The van der Waals surface area contributed by atoms with E-state index in [-0.39, 0.29) is 11.1 Å². The number of benzene rings is 3. The highest BCUT2D eigenvalue weighted by molar-refractivity contribution is 5.63. The Hall–Kier alpha value is -2.48. The van der Waals surface area contributed by atoms with Crippen molar-refractivity contribution in [3.63, 3.8) is 0 Å². The third kappa shape index (κ3) is 2.70. The van der Waals surface area contributed by atoms with E-state index >= 15 is 0 Å². The van der Waals surface area contributed by atoms with Gasteiger partial charge in [-0.3, -0.25) is 0 Å². The van der Waals surface area contributed by atoms with Gasteiger partial charge in [0.15, 0.2) is 0 Å². The number of halogens is 2. The van der Waals surface area contributed by atoms with Crippen LogP contribution in [0.15, 0.2) is 84.9 Å². The maximum Gasteiger partial charge on any atom is 0.298 e. The van der Waals surface area contributed by atoms with Crippen molar-refractivity contribution in [2.24, 2.45) is 0 Å². The van der Waals surface area contributed by atoms with Gasteiger partial charge in [-0.1, -0.05) is 84.9 Å². The van der Waals surface area contributed by atoms with E-state index < -0.39 is 5.92 Å². The van der Waals surface area contributed by atoms with Crippen LogP contribution in [0.1, 0.15) is 11.1 Å². The molecule has 2 heteroatoms. The zero-order valence-electron chi connectivity index (χ0n) is 11.3. The minimum Gasteiger partial charge on any atom is -0.196 e. The van der Waals surface area contributed by atoms with E-state index in [0.29, 0.717) is 0 Å². The van der Waals surface area contributed by atoms with E-state index in [9.17, 15) is 8.78 Å². The molecule has 0 aliphatic rings. The third-order valence-electron chi connectivity index (χ3n) is 3.49. The second kappa shape index (κ2) is 5.49.